The lowest BCUT2D eigenvalue weighted by atomic mass is 10.0. The Balaban J connectivity index is 0.000000882. The lowest BCUT2D eigenvalue weighted by Gasteiger charge is -2.02. The number of benzene rings is 4. The zero-order chi connectivity index (χ0) is 20.0. The Morgan fingerprint density at radius 1 is 0.483 bits per heavy atom. The summed E-state index contributed by atoms with van der Waals surface area (Å²) in [6.45, 7) is 6.11. The van der Waals surface area contributed by atoms with Crippen LogP contribution in [0.1, 0.15) is 19.4 Å². The Bertz CT molecular complexity index is 1480. The SMILES string of the molecule is CC.Cc1ccc2oc3ccc(-c4ccc5oc6ccccc6c5c4)cc3c2c1. The molecule has 4 aromatic carbocycles. The predicted octanol–water partition coefficient (Wildman–Crippen LogP) is 8.49. The van der Waals surface area contributed by atoms with Crippen molar-refractivity contribution in [1.29, 1.82) is 0 Å². The van der Waals surface area contributed by atoms with Crippen molar-refractivity contribution in [2.75, 3.05) is 0 Å². The normalized spacial score (nSPS) is 11.3. The van der Waals surface area contributed by atoms with Crippen LogP contribution >= 0.6 is 0 Å². The molecule has 0 spiro atoms. The largest absolute Gasteiger partial charge is 0.456 e. The van der Waals surface area contributed by atoms with E-state index in [9.17, 15) is 0 Å². The molecule has 0 N–H and O–H groups in total. The highest BCUT2D eigenvalue weighted by molar-refractivity contribution is 6.08. The first-order valence-corrected chi connectivity index (χ1v) is 10.1. The van der Waals surface area contributed by atoms with Gasteiger partial charge in [0.1, 0.15) is 22.3 Å². The van der Waals surface area contributed by atoms with E-state index in [1.165, 1.54) is 22.1 Å². The second-order valence-electron chi connectivity index (χ2n) is 7.12. The van der Waals surface area contributed by atoms with E-state index in [1.807, 2.05) is 32.0 Å². The molecule has 2 heterocycles. The summed E-state index contributed by atoms with van der Waals surface area (Å²) in [4.78, 5) is 0. The Morgan fingerprint density at radius 3 is 1.62 bits per heavy atom. The van der Waals surface area contributed by atoms with Crippen LogP contribution in [-0.4, -0.2) is 0 Å². The van der Waals surface area contributed by atoms with Crippen LogP contribution in [0.4, 0.5) is 0 Å². The molecule has 0 unspecified atom stereocenters. The fourth-order valence-corrected chi connectivity index (χ4v) is 3.98. The number of hydrogen-bond acceptors (Lipinski definition) is 2. The molecule has 6 aromatic rings. The Labute approximate surface area is 169 Å². The van der Waals surface area contributed by atoms with Gasteiger partial charge in [0.25, 0.3) is 0 Å². The van der Waals surface area contributed by atoms with Gasteiger partial charge in [0.15, 0.2) is 0 Å². The lowest BCUT2D eigenvalue weighted by molar-refractivity contribution is 0.668. The Morgan fingerprint density at radius 2 is 0.966 bits per heavy atom. The highest BCUT2D eigenvalue weighted by Crippen LogP contribution is 2.35. The fraction of sp³-hybridized carbons (Fsp3) is 0.111. The van der Waals surface area contributed by atoms with E-state index in [0.717, 1.165) is 38.5 Å². The first-order chi connectivity index (χ1) is 14.3. The van der Waals surface area contributed by atoms with Gasteiger partial charge in [0, 0.05) is 21.5 Å². The van der Waals surface area contributed by atoms with Gasteiger partial charge in [-0.15, -0.1) is 0 Å². The third kappa shape index (κ3) is 2.80. The predicted molar refractivity (Wildman–Crippen MR) is 123 cm³/mol. The quantitative estimate of drug-likeness (QED) is 0.287. The molecule has 2 aromatic heterocycles. The molecule has 0 bridgehead atoms. The highest BCUT2D eigenvalue weighted by Gasteiger charge is 2.11. The first kappa shape index (κ1) is 17.6. The monoisotopic (exact) mass is 378 g/mol. The molecular weight excluding hydrogens is 356 g/mol. The smallest absolute Gasteiger partial charge is 0.135 e. The summed E-state index contributed by atoms with van der Waals surface area (Å²) in [5.74, 6) is 0. The van der Waals surface area contributed by atoms with Gasteiger partial charge >= 0.3 is 0 Å². The number of hydrogen-bond donors (Lipinski definition) is 0. The molecule has 0 fully saturated rings. The standard InChI is InChI=1S/C25H16O2.C2H6/c1-15-6-9-23-19(12-15)21-14-17(8-11-25(21)27-23)16-7-10-24-20(13-16)18-4-2-3-5-22(18)26-24;1-2/h2-14H,1H3;1-2H3. The summed E-state index contributed by atoms with van der Waals surface area (Å²) >= 11 is 0. The van der Waals surface area contributed by atoms with Gasteiger partial charge in [-0.25, -0.2) is 0 Å². The molecule has 0 saturated carbocycles. The van der Waals surface area contributed by atoms with Crippen LogP contribution < -0.4 is 0 Å². The number of aryl methyl sites for hydroxylation is 1. The van der Waals surface area contributed by atoms with Crippen molar-refractivity contribution >= 4 is 43.9 Å². The maximum atomic E-state index is 6.00. The van der Waals surface area contributed by atoms with Gasteiger partial charge in [-0.05, 0) is 60.5 Å². The van der Waals surface area contributed by atoms with Crippen LogP contribution in [0.5, 0.6) is 0 Å². The number of fused-ring (bicyclic) bond motifs is 6. The summed E-state index contributed by atoms with van der Waals surface area (Å²) in [6, 6.07) is 27.3. The molecule has 0 aliphatic heterocycles. The molecule has 0 aliphatic rings. The minimum absolute atomic E-state index is 0.922. The second-order valence-corrected chi connectivity index (χ2v) is 7.12. The minimum atomic E-state index is 0.922. The van der Waals surface area contributed by atoms with E-state index in [4.69, 9.17) is 8.83 Å². The molecule has 29 heavy (non-hydrogen) atoms. The van der Waals surface area contributed by atoms with Crippen molar-refractivity contribution in [2.45, 2.75) is 20.8 Å². The third-order valence-electron chi connectivity index (χ3n) is 5.33. The van der Waals surface area contributed by atoms with E-state index in [1.54, 1.807) is 0 Å². The first-order valence-electron chi connectivity index (χ1n) is 10.1. The third-order valence-corrected chi connectivity index (χ3v) is 5.33. The van der Waals surface area contributed by atoms with Gasteiger partial charge in [-0.3, -0.25) is 0 Å². The van der Waals surface area contributed by atoms with Gasteiger partial charge in [0.2, 0.25) is 0 Å². The van der Waals surface area contributed by atoms with Gasteiger partial charge < -0.3 is 8.83 Å². The van der Waals surface area contributed by atoms with Crippen molar-refractivity contribution in [3.63, 3.8) is 0 Å². The molecule has 0 amide bonds. The second kappa shape index (κ2) is 6.82. The van der Waals surface area contributed by atoms with Gasteiger partial charge in [-0.2, -0.15) is 0 Å². The molecule has 2 nitrogen and oxygen atoms in total. The van der Waals surface area contributed by atoms with Crippen LogP contribution in [0.15, 0.2) is 87.7 Å². The van der Waals surface area contributed by atoms with Crippen LogP contribution in [0.25, 0.3) is 55.0 Å². The topological polar surface area (TPSA) is 26.3 Å². The maximum Gasteiger partial charge on any atom is 0.135 e. The number of rotatable bonds is 1. The van der Waals surface area contributed by atoms with E-state index in [-0.39, 0.29) is 0 Å². The molecule has 0 atom stereocenters. The van der Waals surface area contributed by atoms with Crippen LogP contribution in [-0.2, 0) is 0 Å². The van der Waals surface area contributed by atoms with E-state index >= 15 is 0 Å². The molecule has 0 aliphatic carbocycles. The molecule has 142 valence electrons. The molecular formula is C27H22O2. The number of furan rings is 2. The summed E-state index contributed by atoms with van der Waals surface area (Å²) < 4.78 is 12.0. The molecule has 6 rings (SSSR count). The average molecular weight is 378 g/mol. The van der Waals surface area contributed by atoms with Gasteiger partial charge in [-0.1, -0.05) is 55.8 Å². The van der Waals surface area contributed by atoms with Crippen LogP contribution in [0, 0.1) is 6.92 Å². The lowest BCUT2D eigenvalue weighted by Crippen LogP contribution is -1.78. The maximum absolute atomic E-state index is 6.00. The van der Waals surface area contributed by atoms with Crippen molar-refractivity contribution in [2.24, 2.45) is 0 Å². The van der Waals surface area contributed by atoms with Crippen molar-refractivity contribution in [1.82, 2.24) is 0 Å². The summed E-state index contributed by atoms with van der Waals surface area (Å²) in [7, 11) is 0. The molecule has 2 heteroatoms. The fourth-order valence-electron chi connectivity index (χ4n) is 3.98. The highest BCUT2D eigenvalue weighted by atomic mass is 16.3. The summed E-state index contributed by atoms with van der Waals surface area (Å²) in [5, 5.41) is 4.63. The van der Waals surface area contributed by atoms with Crippen molar-refractivity contribution in [3.8, 4) is 11.1 Å². The van der Waals surface area contributed by atoms with E-state index in [0.29, 0.717) is 0 Å². The molecule has 0 radical (unpaired) electrons. The summed E-state index contributed by atoms with van der Waals surface area (Å²) in [6.07, 6.45) is 0. The zero-order valence-electron chi connectivity index (χ0n) is 16.8. The molecule has 0 saturated heterocycles. The Hall–Kier alpha value is -3.52. The summed E-state index contributed by atoms with van der Waals surface area (Å²) in [5.41, 5.74) is 7.30. The van der Waals surface area contributed by atoms with Gasteiger partial charge in [0.05, 0.1) is 0 Å². The minimum Gasteiger partial charge on any atom is -0.456 e. The van der Waals surface area contributed by atoms with E-state index < -0.39 is 0 Å². The number of para-hydroxylation sites is 1. The Kier molecular flexibility index (Phi) is 4.13. The van der Waals surface area contributed by atoms with Crippen LogP contribution in [0.2, 0.25) is 0 Å². The van der Waals surface area contributed by atoms with Crippen molar-refractivity contribution in [3.05, 3.63) is 84.4 Å². The zero-order valence-corrected chi connectivity index (χ0v) is 16.8. The average Bonchev–Trinajstić information content (AvgIpc) is 3.32. The van der Waals surface area contributed by atoms with E-state index in [2.05, 4.69) is 67.6 Å². The van der Waals surface area contributed by atoms with Crippen LogP contribution in [0.3, 0.4) is 0 Å². The van der Waals surface area contributed by atoms with Crippen molar-refractivity contribution < 1.29 is 8.83 Å².